The van der Waals surface area contributed by atoms with E-state index in [2.05, 4.69) is 15.3 Å². The topological polar surface area (TPSA) is 121 Å². The SMILES string of the molecule is CCN(CC(=O)Nc1cccc(-c2nc(C)cc(=O)[nH]2)c1)S(=O)(=O)c1ccc(OC)cc1. The number of amides is 1. The Labute approximate surface area is 186 Å². The number of aryl methyl sites for hydroxylation is 1. The fourth-order valence-corrected chi connectivity index (χ4v) is 4.49. The zero-order valence-electron chi connectivity index (χ0n) is 18.0. The number of sulfonamides is 1. The molecule has 2 N–H and O–H groups in total. The Bertz CT molecular complexity index is 1270. The molecule has 10 heteroatoms. The van der Waals surface area contributed by atoms with Crippen LogP contribution in [-0.4, -0.2) is 48.8 Å². The number of methoxy groups -OCH3 is 1. The second kappa shape index (κ2) is 9.75. The molecule has 0 bridgehead atoms. The Morgan fingerprint density at radius 1 is 1.16 bits per heavy atom. The lowest BCUT2D eigenvalue weighted by Crippen LogP contribution is -2.37. The molecule has 0 aliphatic carbocycles. The molecule has 3 rings (SSSR count). The van der Waals surface area contributed by atoms with E-state index in [9.17, 15) is 18.0 Å². The van der Waals surface area contributed by atoms with Gasteiger partial charge in [-0.15, -0.1) is 0 Å². The van der Waals surface area contributed by atoms with Crippen LogP contribution in [0.25, 0.3) is 11.4 Å². The van der Waals surface area contributed by atoms with E-state index >= 15 is 0 Å². The second-order valence-electron chi connectivity index (χ2n) is 6.97. The lowest BCUT2D eigenvalue weighted by Gasteiger charge is -2.20. The summed E-state index contributed by atoms with van der Waals surface area (Å²) in [6.45, 7) is 3.15. The van der Waals surface area contributed by atoms with Gasteiger partial charge in [0.15, 0.2) is 0 Å². The van der Waals surface area contributed by atoms with Crippen molar-refractivity contribution in [1.29, 1.82) is 0 Å². The van der Waals surface area contributed by atoms with Crippen LogP contribution >= 0.6 is 0 Å². The lowest BCUT2D eigenvalue weighted by atomic mass is 10.2. The molecule has 1 aromatic heterocycles. The number of carbonyl (C=O) groups excluding carboxylic acids is 1. The van der Waals surface area contributed by atoms with Gasteiger partial charge in [0, 0.05) is 29.6 Å². The van der Waals surface area contributed by atoms with Crippen molar-refractivity contribution in [3.05, 3.63) is 70.6 Å². The van der Waals surface area contributed by atoms with E-state index in [1.54, 1.807) is 50.2 Å². The summed E-state index contributed by atoms with van der Waals surface area (Å²) in [4.78, 5) is 31.3. The van der Waals surface area contributed by atoms with Crippen LogP contribution in [0.15, 0.2) is 64.3 Å². The molecule has 0 atom stereocenters. The molecule has 9 nitrogen and oxygen atoms in total. The maximum Gasteiger partial charge on any atom is 0.251 e. The number of likely N-dealkylation sites (N-methyl/N-ethyl adjacent to an activating group) is 1. The number of benzene rings is 2. The fraction of sp³-hybridized carbons (Fsp3) is 0.227. The Balaban J connectivity index is 1.75. The molecular formula is C22H24N4O5S. The van der Waals surface area contributed by atoms with Gasteiger partial charge < -0.3 is 15.0 Å². The number of H-pyrrole nitrogens is 1. The molecule has 168 valence electrons. The fourth-order valence-electron chi connectivity index (χ4n) is 3.08. The number of nitrogens with zero attached hydrogens (tertiary/aromatic N) is 2. The number of aromatic amines is 1. The molecule has 0 unspecified atom stereocenters. The molecule has 0 aliphatic heterocycles. The number of hydrogen-bond acceptors (Lipinski definition) is 6. The first-order valence-corrected chi connectivity index (χ1v) is 11.3. The van der Waals surface area contributed by atoms with Gasteiger partial charge in [0.1, 0.15) is 11.6 Å². The first kappa shape index (κ1) is 23.2. The molecule has 1 amide bonds. The van der Waals surface area contributed by atoms with Crippen LogP contribution in [0, 0.1) is 6.92 Å². The molecule has 0 spiro atoms. The third-order valence-electron chi connectivity index (χ3n) is 4.66. The molecule has 0 fully saturated rings. The number of hydrogen-bond donors (Lipinski definition) is 2. The van der Waals surface area contributed by atoms with Crippen LogP contribution in [0.3, 0.4) is 0 Å². The van der Waals surface area contributed by atoms with Crippen molar-refractivity contribution in [3.8, 4) is 17.1 Å². The highest BCUT2D eigenvalue weighted by atomic mass is 32.2. The molecule has 2 aromatic carbocycles. The van der Waals surface area contributed by atoms with Gasteiger partial charge >= 0.3 is 0 Å². The molecule has 0 saturated carbocycles. The largest absolute Gasteiger partial charge is 0.497 e. The van der Waals surface area contributed by atoms with Gasteiger partial charge in [0.05, 0.1) is 18.6 Å². The summed E-state index contributed by atoms with van der Waals surface area (Å²) in [5.41, 5.74) is 1.36. The van der Waals surface area contributed by atoms with Gasteiger partial charge in [-0.25, -0.2) is 13.4 Å². The van der Waals surface area contributed by atoms with E-state index < -0.39 is 15.9 Å². The van der Waals surface area contributed by atoms with Gasteiger partial charge in [0.2, 0.25) is 15.9 Å². The summed E-state index contributed by atoms with van der Waals surface area (Å²) < 4.78 is 32.0. The van der Waals surface area contributed by atoms with Crippen molar-refractivity contribution in [2.24, 2.45) is 0 Å². The number of anilines is 1. The number of nitrogens with one attached hydrogen (secondary N) is 2. The van der Waals surface area contributed by atoms with Crippen LogP contribution in [-0.2, 0) is 14.8 Å². The van der Waals surface area contributed by atoms with E-state index in [-0.39, 0.29) is 23.5 Å². The maximum atomic E-state index is 12.9. The summed E-state index contributed by atoms with van der Waals surface area (Å²) in [5, 5.41) is 2.70. The average Bonchev–Trinajstić information content (AvgIpc) is 2.77. The Hall–Kier alpha value is -3.50. The van der Waals surface area contributed by atoms with Crippen LogP contribution in [0.4, 0.5) is 5.69 Å². The summed E-state index contributed by atoms with van der Waals surface area (Å²) >= 11 is 0. The summed E-state index contributed by atoms with van der Waals surface area (Å²) in [6, 6.07) is 14.2. The van der Waals surface area contributed by atoms with Gasteiger partial charge in [-0.05, 0) is 43.3 Å². The summed E-state index contributed by atoms with van der Waals surface area (Å²) in [5.74, 6) is 0.421. The monoisotopic (exact) mass is 456 g/mol. The van der Waals surface area contributed by atoms with Crippen molar-refractivity contribution < 1.29 is 17.9 Å². The van der Waals surface area contributed by atoms with Crippen LogP contribution in [0.2, 0.25) is 0 Å². The zero-order chi connectivity index (χ0) is 23.3. The molecule has 0 radical (unpaired) electrons. The molecular weight excluding hydrogens is 432 g/mol. The number of aromatic nitrogens is 2. The highest BCUT2D eigenvalue weighted by molar-refractivity contribution is 7.89. The minimum atomic E-state index is -3.86. The minimum absolute atomic E-state index is 0.0735. The van der Waals surface area contributed by atoms with Gasteiger partial charge in [-0.1, -0.05) is 19.1 Å². The van der Waals surface area contributed by atoms with E-state index in [0.717, 1.165) is 4.31 Å². The molecule has 0 aliphatic rings. The van der Waals surface area contributed by atoms with Crippen molar-refractivity contribution in [2.75, 3.05) is 25.5 Å². The first-order valence-electron chi connectivity index (χ1n) is 9.85. The first-order chi connectivity index (χ1) is 15.2. The van der Waals surface area contributed by atoms with E-state index in [1.165, 1.54) is 25.3 Å². The van der Waals surface area contributed by atoms with Crippen molar-refractivity contribution >= 4 is 21.6 Å². The quantitative estimate of drug-likeness (QED) is 0.537. The summed E-state index contributed by atoms with van der Waals surface area (Å²) in [6.07, 6.45) is 0. The highest BCUT2D eigenvalue weighted by Crippen LogP contribution is 2.21. The van der Waals surface area contributed by atoms with Crippen LogP contribution in [0.5, 0.6) is 5.75 Å². The third kappa shape index (κ3) is 5.40. The smallest absolute Gasteiger partial charge is 0.251 e. The average molecular weight is 457 g/mol. The molecule has 1 heterocycles. The maximum absolute atomic E-state index is 12.9. The Morgan fingerprint density at radius 3 is 2.50 bits per heavy atom. The van der Waals surface area contributed by atoms with E-state index in [1.807, 2.05) is 0 Å². The number of carbonyl (C=O) groups is 1. The Kier molecular flexibility index (Phi) is 7.06. The minimum Gasteiger partial charge on any atom is -0.497 e. The third-order valence-corrected chi connectivity index (χ3v) is 6.59. The molecule has 3 aromatic rings. The van der Waals surface area contributed by atoms with Crippen molar-refractivity contribution in [2.45, 2.75) is 18.7 Å². The Morgan fingerprint density at radius 2 is 1.88 bits per heavy atom. The van der Waals surface area contributed by atoms with Crippen LogP contribution < -0.4 is 15.6 Å². The van der Waals surface area contributed by atoms with Crippen molar-refractivity contribution in [1.82, 2.24) is 14.3 Å². The number of ether oxygens (including phenoxy) is 1. The van der Waals surface area contributed by atoms with Gasteiger partial charge in [-0.3, -0.25) is 9.59 Å². The second-order valence-corrected chi connectivity index (χ2v) is 8.91. The normalized spacial score (nSPS) is 11.4. The van der Waals surface area contributed by atoms with Crippen molar-refractivity contribution in [3.63, 3.8) is 0 Å². The number of rotatable bonds is 8. The van der Waals surface area contributed by atoms with Gasteiger partial charge in [0.25, 0.3) is 5.56 Å². The molecule has 0 saturated heterocycles. The van der Waals surface area contributed by atoms with Crippen LogP contribution in [0.1, 0.15) is 12.6 Å². The highest BCUT2D eigenvalue weighted by Gasteiger charge is 2.25. The summed E-state index contributed by atoms with van der Waals surface area (Å²) in [7, 11) is -2.36. The predicted molar refractivity (Wildman–Crippen MR) is 121 cm³/mol. The standard InChI is InChI=1S/C22H24N4O5S/c1-4-26(32(29,30)19-10-8-18(31-3)9-11-19)14-21(28)24-17-7-5-6-16(13-17)22-23-15(2)12-20(27)25-22/h5-13H,4,14H2,1-3H3,(H,24,28)(H,23,25,27). The van der Waals surface area contributed by atoms with E-state index in [4.69, 9.17) is 4.74 Å². The predicted octanol–water partition coefficient (Wildman–Crippen LogP) is 2.40. The van der Waals surface area contributed by atoms with Gasteiger partial charge in [-0.2, -0.15) is 4.31 Å². The lowest BCUT2D eigenvalue weighted by molar-refractivity contribution is -0.116. The molecule has 32 heavy (non-hydrogen) atoms. The van der Waals surface area contributed by atoms with E-state index in [0.29, 0.717) is 28.5 Å². The zero-order valence-corrected chi connectivity index (χ0v) is 18.8.